The van der Waals surface area contributed by atoms with Crippen molar-refractivity contribution in [3.05, 3.63) is 35.9 Å². The Morgan fingerprint density at radius 2 is 1.80 bits per heavy atom. The number of ether oxygens (including phenoxy) is 3. The Hall–Kier alpha value is -1.93. The summed E-state index contributed by atoms with van der Waals surface area (Å²) in [6.07, 6.45) is 0.235. The van der Waals surface area contributed by atoms with Crippen LogP contribution in [0.4, 0.5) is 0 Å². The van der Waals surface area contributed by atoms with Crippen molar-refractivity contribution in [3.63, 3.8) is 0 Å². The van der Waals surface area contributed by atoms with Crippen LogP contribution in [0, 0.1) is 6.92 Å². The van der Waals surface area contributed by atoms with Gasteiger partial charge in [0.25, 0.3) is 0 Å². The highest BCUT2D eigenvalue weighted by Gasteiger charge is 2.47. The van der Waals surface area contributed by atoms with Crippen LogP contribution in [0.3, 0.4) is 0 Å². The number of benzene rings is 2. The van der Waals surface area contributed by atoms with E-state index in [1.165, 1.54) is 0 Å². The molecule has 0 bridgehead atoms. The van der Waals surface area contributed by atoms with Gasteiger partial charge in [-0.2, -0.15) is 0 Å². The maximum absolute atomic E-state index is 13.9. The number of aryl methyl sites for hydroxylation is 1. The van der Waals surface area contributed by atoms with Gasteiger partial charge in [-0.1, -0.05) is 39.0 Å². The number of hydrogen-bond donors (Lipinski definition) is 0. The van der Waals surface area contributed by atoms with Crippen molar-refractivity contribution in [1.82, 2.24) is 0 Å². The monoisotopic (exact) mass is 360 g/mol. The molecule has 1 atom stereocenters. The van der Waals surface area contributed by atoms with Crippen LogP contribution in [0.1, 0.15) is 26.3 Å². The molecule has 0 aliphatic carbocycles. The lowest BCUT2D eigenvalue weighted by atomic mass is 10.00. The van der Waals surface area contributed by atoms with Crippen LogP contribution < -0.4 is 19.5 Å². The third kappa shape index (κ3) is 2.64. The SMILES string of the molecule is COc1ccc(C)c(OC)c1-c1cccc2c1P(=O)(C(C)(C)C)CO2. The van der Waals surface area contributed by atoms with Gasteiger partial charge in [-0.25, -0.2) is 0 Å². The molecule has 0 spiro atoms. The van der Waals surface area contributed by atoms with Gasteiger partial charge in [0.05, 0.1) is 25.1 Å². The van der Waals surface area contributed by atoms with E-state index < -0.39 is 12.3 Å². The highest BCUT2D eigenvalue weighted by atomic mass is 31.2. The molecular formula is C20H25O4P. The fourth-order valence-electron chi connectivity index (χ4n) is 3.32. The van der Waals surface area contributed by atoms with E-state index >= 15 is 0 Å². The highest BCUT2D eigenvalue weighted by Crippen LogP contribution is 2.63. The minimum atomic E-state index is -2.76. The van der Waals surface area contributed by atoms with Gasteiger partial charge in [0.2, 0.25) is 0 Å². The summed E-state index contributed by atoms with van der Waals surface area (Å²) in [7, 11) is 0.527. The van der Waals surface area contributed by atoms with Crippen LogP contribution in [-0.2, 0) is 4.57 Å². The summed E-state index contributed by atoms with van der Waals surface area (Å²) in [5.74, 6) is 2.13. The van der Waals surface area contributed by atoms with Crippen molar-refractivity contribution in [2.45, 2.75) is 32.9 Å². The molecule has 0 saturated carbocycles. The Morgan fingerprint density at radius 3 is 2.40 bits per heavy atom. The van der Waals surface area contributed by atoms with Crippen LogP contribution in [0.25, 0.3) is 11.1 Å². The molecule has 0 aromatic heterocycles. The summed E-state index contributed by atoms with van der Waals surface area (Å²) < 4.78 is 31.0. The second-order valence-corrected chi connectivity index (χ2v) is 10.9. The van der Waals surface area contributed by atoms with E-state index in [0.717, 1.165) is 27.7 Å². The molecule has 1 aliphatic heterocycles. The van der Waals surface area contributed by atoms with Crippen molar-refractivity contribution < 1.29 is 18.8 Å². The van der Waals surface area contributed by atoms with Gasteiger partial charge in [0.1, 0.15) is 23.6 Å². The molecule has 1 aliphatic rings. The first-order valence-corrected chi connectivity index (χ1v) is 10.2. The molecule has 0 fully saturated rings. The normalized spacial score (nSPS) is 19.3. The Kier molecular flexibility index (Phi) is 4.36. The second kappa shape index (κ2) is 6.10. The van der Waals surface area contributed by atoms with E-state index in [9.17, 15) is 4.57 Å². The van der Waals surface area contributed by atoms with Gasteiger partial charge in [-0.05, 0) is 24.6 Å². The van der Waals surface area contributed by atoms with Crippen molar-refractivity contribution in [3.8, 4) is 28.4 Å². The topological polar surface area (TPSA) is 44.8 Å². The minimum absolute atomic E-state index is 0.235. The van der Waals surface area contributed by atoms with Gasteiger partial charge in [-0.15, -0.1) is 0 Å². The van der Waals surface area contributed by atoms with Crippen LogP contribution in [0.2, 0.25) is 0 Å². The first-order valence-electron chi connectivity index (χ1n) is 8.32. The maximum atomic E-state index is 13.9. The Morgan fingerprint density at radius 1 is 1.08 bits per heavy atom. The van der Waals surface area contributed by atoms with E-state index in [1.54, 1.807) is 14.2 Å². The van der Waals surface area contributed by atoms with Gasteiger partial charge in [0, 0.05) is 10.7 Å². The molecule has 0 radical (unpaired) electrons. The Bertz CT molecular complexity index is 865. The Labute approximate surface area is 149 Å². The van der Waals surface area contributed by atoms with E-state index in [0.29, 0.717) is 11.5 Å². The average Bonchev–Trinajstić information content (AvgIpc) is 2.93. The van der Waals surface area contributed by atoms with Crippen molar-refractivity contribution >= 4 is 12.4 Å². The summed E-state index contributed by atoms with van der Waals surface area (Å²) in [6.45, 7) is 8.01. The molecule has 25 heavy (non-hydrogen) atoms. The fraction of sp³-hybridized carbons (Fsp3) is 0.400. The molecular weight excluding hydrogens is 335 g/mol. The van der Waals surface area contributed by atoms with Crippen LogP contribution in [-0.4, -0.2) is 25.7 Å². The zero-order valence-corrected chi connectivity index (χ0v) is 16.6. The summed E-state index contributed by atoms with van der Waals surface area (Å²) in [5.41, 5.74) is 2.70. The van der Waals surface area contributed by atoms with E-state index in [4.69, 9.17) is 14.2 Å². The molecule has 2 aromatic carbocycles. The van der Waals surface area contributed by atoms with E-state index in [2.05, 4.69) is 0 Å². The van der Waals surface area contributed by atoms with Gasteiger partial charge >= 0.3 is 0 Å². The summed E-state index contributed by atoms with van der Waals surface area (Å²) in [4.78, 5) is 0. The third-order valence-corrected chi connectivity index (χ3v) is 8.70. The largest absolute Gasteiger partial charge is 0.496 e. The van der Waals surface area contributed by atoms with Crippen molar-refractivity contribution in [1.29, 1.82) is 0 Å². The molecule has 134 valence electrons. The smallest absolute Gasteiger partial charge is 0.160 e. The summed E-state index contributed by atoms with van der Waals surface area (Å²) >= 11 is 0. The van der Waals surface area contributed by atoms with Gasteiger partial charge in [-0.3, -0.25) is 0 Å². The van der Waals surface area contributed by atoms with Gasteiger partial charge < -0.3 is 18.8 Å². The zero-order chi connectivity index (χ0) is 18.4. The molecule has 5 heteroatoms. The second-order valence-electron chi connectivity index (χ2n) is 7.33. The van der Waals surface area contributed by atoms with E-state index in [-0.39, 0.29) is 6.35 Å². The highest BCUT2D eigenvalue weighted by molar-refractivity contribution is 7.73. The van der Waals surface area contributed by atoms with Gasteiger partial charge in [0.15, 0.2) is 7.14 Å². The van der Waals surface area contributed by atoms with Crippen LogP contribution in [0.5, 0.6) is 17.2 Å². The molecule has 3 rings (SSSR count). The molecule has 0 amide bonds. The number of methoxy groups -OCH3 is 2. The van der Waals surface area contributed by atoms with Crippen LogP contribution in [0.15, 0.2) is 30.3 Å². The van der Waals surface area contributed by atoms with E-state index in [1.807, 2.05) is 58.0 Å². The number of rotatable bonds is 3. The first kappa shape index (κ1) is 17.9. The van der Waals surface area contributed by atoms with Crippen molar-refractivity contribution in [2.24, 2.45) is 0 Å². The Balaban J connectivity index is 2.39. The predicted molar refractivity (Wildman–Crippen MR) is 102 cm³/mol. The number of fused-ring (bicyclic) bond motifs is 1. The fourth-order valence-corrected chi connectivity index (χ4v) is 5.90. The average molecular weight is 360 g/mol. The standard InChI is InChI=1S/C20H25O4P/c1-13-10-11-15(22-5)17(18(13)23-6)14-8-7-9-16-19(14)25(21,12-24-16)20(2,3)4/h7-11H,12H2,1-6H3. The minimum Gasteiger partial charge on any atom is -0.496 e. The molecule has 2 aromatic rings. The first-order chi connectivity index (χ1) is 11.7. The lowest BCUT2D eigenvalue weighted by Crippen LogP contribution is -2.23. The predicted octanol–water partition coefficient (Wildman–Crippen LogP) is 4.82. The third-order valence-electron chi connectivity index (χ3n) is 4.86. The molecule has 0 N–H and O–H groups in total. The zero-order valence-electron chi connectivity index (χ0n) is 15.7. The van der Waals surface area contributed by atoms with Crippen molar-refractivity contribution in [2.75, 3.05) is 20.6 Å². The lowest BCUT2D eigenvalue weighted by Gasteiger charge is -2.28. The summed E-state index contributed by atoms with van der Waals surface area (Å²) in [6, 6.07) is 9.67. The molecule has 0 saturated heterocycles. The lowest BCUT2D eigenvalue weighted by molar-refractivity contribution is 0.389. The quantitative estimate of drug-likeness (QED) is 0.737. The summed E-state index contributed by atoms with van der Waals surface area (Å²) in [5, 5.41) is 0.406. The molecule has 1 unspecified atom stereocenters. The van der Waals surface area contributed by atoms with Crippen LogP contribution >= 0.6 is 7.14 Å². The molecule has 1 heterocycles. The maximum Gasteiger partial charge on any atom is 0.160 e. The number of hydrogen-bond acceptors (Lipinski definition) is 4. The molecule has 4 nitrogen and oxygen atoms in total.